The van der Waals surface area contributed by atoms with Crippen LogP contribution in [-0.4, -0.2) is 18.6 Å². The number of aromatic nitrogens is 2. The molecule has 7 heteroatoms. The van der Waals surface area contributed by atoms with Crippen molar-refractivity contribution in [1.29, 1.82) is 0 Å². The Morgan fingerprint density at radius 2 is 2.00 bits per heavy atom. The van der Waals surface area contributed by atoms with Crippen LogP contribution in [0.2, 0.25) is 0 Å². The van der Waals surface area contributed by atoms with E-state index in [1.165, 1.54) is 11.8 Å². The van der Waals surface area contributed by atoms with Crippen molar-refractivity contribution in [3.63, 3.8) is 0 Å². The fraction of sp³-hybridized carbons (Fsp3) is 0.308. The second-order valence-electron chi connectivity index (χ2n) is 4.48. The van der Waals surface area contributed by atoms with E-state index in [0.29, 0.717) is 11.3 Å². The zero-order chi connectivity index (χ0) is 14.6. The molecule has 0 aliphatic heterocycles. The number of benzene rings is 1. The molecule has 1 aromatic heterocycles. The van der Waals surface area contributed by atoms with Crippen molar-refractivity contribution in [2.45, 2.75) is 31.3 Å². The van der Waals surface area contributed by atoms with Crippen LogP contribution in [0.5, 0.6) is 0 Å². The molecular weight excluding hydrogens is 276 g/mol. The lowest BCUT2D eigenvalue weighted by molar-refractivity contribution is 0.596. The highest BCUT2D eigenvalue weighted by Crippen LogP contribution is 2.18. The Hall–Kier alpha value is -1.86. The van der Waals surface area contributed by atoms with E-state index in [2.05, 4.69) is 21.8 Å². The molecule has 0 aliphatic carbocycles. The number of sulfonamides is 1. The van der Waals surface area contributed by atoms with Crippen LogP contribution in [0, 0.1) is 0 Å². The van der Waals surface area contributed by atoms with Gasteiger partial charge in [-0.1, -0.05) is 25.5 Å². The molecule has 0 unspecified atom stereocenters. The average Bonchev–Trinajstić information content (AvgIpc) is 2.90. The number of hydrogen-bond acceptors (Lipinski definition) is 4. The molecule has 0 amide bonds. The molecular formula is C13H18N4O2S. The number of hydrogen-bond donors (Lipinski definition) is 3. The number of aromatic amines is 1. The van der Waals surface area contributed by atoms with Gasteiger partial charge in [0.2, 0.25) is 0 Å². The SMILES string of the molecule is CCCc1ccc(NS(=O)(=O)c2[nH]ncc2CN)cc1. The van der Waals surface area contributed by atoms with Gasteiger partial charge in [-0.3, -0.25) is 9.82 Å². The Morgan fingerprint density at radius 1 is 1.30 bits per heavy atom. The Kier molecular flexibility index (Phi) is 4.41. The molecule has 6 nitrogen and oxygen atoms in total. The molecule has 4 N–H and O–H groups in total. The summed E-state index contributed by atoms with van der Waals surface area (Å²) in [6.07, 6.45) is 3.45. The van der Waals surface area contributed by atoms with E-state index in [1.54, 1.807) is 12.1 Å². The minimum Gasteiger partial charge on any atom is -0.326 e. The fourth-order valence-corrected chi connectivity index (χ4v) is 3.11. The molecule has 2 aromatic rings. The second kappa shape index (κ2) is 6.06. The Labute approximate surface area is 118 Å². The third-order valence-corrected chi connectivity index (χ3v) is 4.31. The monoisotopic (exact) mass is 294 g/mol. The second-order valence-corrected chi connectivity index (χ2v) is 6.10. The van der Waals surface area contributed by atoms with Crippen molar-refractivity contribution >= 4 is 15.7 Å². The molecule has 0 bridgehead atoms. The van der Waals surface area contributed by atoms with Gasteiger partial charge in [0, 0.05) is 17.8 Å². The van der Waals surface area contributed by atoms with E-state index in [-0.39, 0.29) is 11.6 Å². The highest BCUT2D eigenvalue weighted by Gasteiger charge is 2.20. The van der Waals surface area contributed by atoms with Gasteiger partial charge in [0.05, 0.1) is 6.20 Å². The summed E-state index contributed by atoms with van der Waals surface area (Å²) in [6.45, 7) is 2.21. The summed E-state index contributed by atoms with van der Waals surface area (Å²) in [7, 11) is -3.69. The summed E-state index contributed by atoms with van der Waals surface area (Å²) in [5, 5.41) is 6.20. The normalized spacial score (nSPS) is 11.5. The van der Waals surface area contributed by atoms with Gasteiger partial charge in [0.25, 0.3) is 10.0 Å². The smallest absolute Gasteiger partial charge is 0.279 e. The topological polar surface area (TPSA) is 101 Å². The largest absolute Gasteiger partial charge is 0.326 e. The summed E-state index contributed by atoms with van der Waals surface area (Å²) in [4.78, 5) is 0. The standard InChI is InChI=1S/C13H18N4O2S/c1-2-3-10-4-6-12(7-5-10)17-20(18,19)13-11(8-14)9-15-16-13/h4-7,9,17H,2-3,8,14H2,1H3,(H,15,16). The lowest BCUT2D eigenvalue weighted by Gasteiger charge is -2.08. The zero-order valence-electron chi connectivity index (χ0n) is 11.3. The van der Waals surface area contributed by atoms with Crippen molar-refractivity contribution in [1.82, 2.24) is 10.2 Å². The van der Waals surface area contributed by atoms with Gasteiger partial charge in [0.1, 0.15) is 0 Å². The molecule has 0 fully saturated rings. The van der Waals surface area contributed by atoms with E-state index in [4.69, 9.17) is 5.73 Å². The van der Waals surface area contributed by atoms with E-state index in [9.17, 15) is 8.42 Å². The highest BCUT2D eigenvalue weighted by atomic mass is 32.2. The average molecular weight is 294 g/mol. The number of aryl methyl sites for hydroxylation is 1. The van der Waals surface area contributed by atoms with Crippen molar-refractivity contribution in [2.75, 3.05) is 4.72 Å². The van der Waals surface area contributed by atoms with Gasteiger partial charge in [0.15, 0.2) is 5.03 Å². The molecule has 0 saturated heterocycles. The minimum atomic E-state index is -3.69. The van der Waals surface area contributed by atoms with Gasteiger partial charge in [-0.15, -0.1) is 0 Å². The van der Waals surface area contributed by atoms with Crippen molar-refractivity contribution in [3.8, 4) is 0 Å². The Bertz CT molecular complexity index is 662. The molecule has 1 aromatic carbocycles. The van der Waals surface area contributed by atoms with Crippen LogP contribution in [-0.2, 0) is 23.0 Å². The van der Waals surface area contributed by atoms with Crippen molar-refractivity contribution < 1.29 is 8.42 Å². The van der Waals surface area contributed by atoms with E-state index in [0.717, 1.165) is 12.8 Å². The lowest BCUT2D eigenvalue weighted by Crippen LogP contribution is -2.16. The third kappa shape index (κ3) is 3.17. The van der Waals surface area contributed by atoms with Crippen LogP contribution < -0.4 is 10.5 Å². The van der Waals surface area contributed by atoms with Crippen LogP contribution in [0.3, 0.4) is 0 Å². The number of rotatable bonds is 6. The summed E-state index contributed by atoms with van der Waals surface area (Å²) >= 11 is 0. The lowest BCUT2D eigenvalue weighted by atomic mass is 10.1. The van der Waals surface area contributed by atoms with Crippen molar-refractivity contribution in [2.24, 2.45) is 5.73 Å². The van der Waals surface area contributed by atoms with Gasteiger partial charge in [-0.05, 0) is 24.1 Å². The number of nitrogens with two attached hydrogens (primary N) is 1. The van der Waals surface area contributed by atoms with E-state index in [1.807, 2.05) is 12.1 Å². The number of anilines is 1. The van der Waals surface area contributed by atoms with Crippen LogP contribution in [0.4, 0.5) is 5.69 Å². The predicted octanol–water partition coefficient (Wildman–Crippen LogP) is 1.62. The first kappa shape index (κ1) is 14.5. The molecule has 0 radical (unpaired) electrons. The maximum Gasteiger partial charge on any atom is 0.279 e. The van der Waals surface area contributed by atoms with Crippen LogP contribution in [0.15, 0.2) is 35.5 Å². The number of nitrogens with zero attached hydrogens (tertiary/aromatic N) is 1. The molecule has 1 heterocycles. The molecule has 108 valence electrons. The predicted molar refractivity (Wildman–Crippen MR) is 77.7 cm³/mol. The maximum atomic E-state index is 12.2. The van der Waals surface area contributed by atoms with Crippen LogP contribution in [0.25, 0.3) is 0 Å². The molecule has 2 rings (SSSR count). The third-order valence-electron chi connectivity index (χ3n) is 2.91. The fourth-order valence-electron chi connectivity index (χ4n) is 1.91. The first-order chi connectivity index (χ1) is 9.56. The minimum absolute atomic E-state index is 0.0117. The van der Waals surface area contributed by atoms with Gasteiger partial charge in [-0.2, -0.15) is 13.5 Å². The summed E-state index contributed by atoms with van der Waals surface area (Å²) in [6, 6.07) is 7.33. The first-order valence-corrected chi connectivity index (χ1v) is 7.89. The summed E-state index contributed by atoms with van der Waals surface area (Å²) in [5.74, 6) is 0. The Morgan fingerprint density at radius 3 is 2.60 bits per heavy atom. The van der Waals surface area contributed by atoms with Gasteiger partial charge < -0.3 is 5.73 Å². The van der Waals surface area contributed by atoms with Crippen molar-refractivity contribution in [3.05, 3.63) is 41.6 Å². The number of nitrogens with one attached hydrogen (secondary N) is 2. The number of H-pyrrole nitrogens is 1. The molecule has 0 aliphatic rings. The first-order valence-electron chi connectivity index (χ1n) is 6.41. The molecule has 0 spiro atoms. The van der Waals surface area contributed by atoms with Crippen LogP contribution in [0.1, 0.15) is 24.5 Å². The quantitative estimate of drug-likeness (QED) is 0.753. The van der Waals surface area contributed by atoms with Gasteiger partial charge in [-0.25, -0.2) is 0 Å². The van der Waals surface area contributed by atoms with Gasteiger partial charge >= 0.3 is 0 Å². The zero-order valence-corrected chi connectivity index (χ0v) is 12.1. The Balaban J connectivity index is 2.20. The molecule has 0 atom stereocenters. The molecule has 0 saturated carbocycles. The van der Waals surface area contributed by atoms with E-state index < -0.39 is 10.0 Å². The van der Waals surface area contributed by atoms with E-state index >= 15 is 0 Å². The summed E-state index contributed by atoms with van der Waals surface area (Å²) < 4.78 is 26.9. The highest BCUT2D eigenvalue weighted by molar-refractivity contribution is 7.92. The molecule has 20 heavy (non-hydrogen) atoms. The maximum absolute atomic E-state index is 12.2. The summed E-state index contributed by atoms with van der Waals surface area (Å²) in [5.41, 5.74) is 7.64. The van der Waals surface area contributed by atoms with Crippen LogP contribution >= 0.6 is 0 Å².